The van der Waals surface area contributed by atoms with E-state index in [0.29, 0.717) is 0 Å². The highest BCUT2D eigenvalue weighted by molar-refractivity contribution is 6.32. The van der Waals surface area contributed by atoms with E-state index >= 15 is 0 Å². The Labute approximate surface area is 187 Å². The molecule has 1 atom stereocenters. The number of primary amides is 1. The predicted molar refractivity (Wildman–Crippen MR) is 114 cm³/mol. The van der Waals surface area contributed by atoms with Crippen molar-refractivity contribution in [3.05, 3.63) is 59.7 Å². The normalized spacial score (nSPS) is 12.5. The maximum atomic E-state index is 12.2. The minimum absolute atomic E-state index is 0.00185. The monoisotopic (exact) mass is 455 g/mol. The van der Waals surface area contributed by atoms with Crippen LogP contribution in [0.1, 0.15) is 17.0 Å². The lowest BCUT2D eigenvalue weighted by molar-refractivity contribution is -0.151. The van der Waals surface area contributed by atoms with Gasteiger partial charge in [-0.1, -0.05) is 48.5 Å². The third kappa shape index (κ3) is 5.55. The standard InChI is InChI=1S/C21H21N5O7/c22-20(31)23-9-16(24-18(28)19(29)30)17(27)25-26-21(32)33-10-15-13-7-3-1-5-11(13)12-6-2-4-8-14(12)15/h1-8,15-16H,9-10H2,(H,24,28)(H,25,27)(H,26,32)(H,29,30)(H3,22,23,31). The molecule has 0 radical (unpaired) electrons. The summed E-state index contributed by atoms with van der Waals surface area (Å²) in [6.45, 7) is -0.509. The number of carboxylic acids is 1. The Balaban J connectivity index is 1.57. The first-order valence-corrected chi connectivity index (χ1v) is 9.76. The topological polar surface area (TPSA) is 189 Å². The molecule has 0 saturated carbocycles. The molecule has 0 heterocycles. The molecule has 2 aromatic rings. The summed E-state index contributed by atoms with van der Waals surface area (Å²) < 4.78 is 5.25. The van der Waals surface area contributed by atoms with Crippen LogP contribution in [0.25, 0.3) is 11.1 Å². The summed E-state index contributed by atoms with van der Waals surface area (Å²) in [7, 11) is 0. The number of benzene rings is 2. The maximum Gasteiger partial charge on any atom is 0.426 e. The number of nitrogens with two attached hydrogens (primary N) is 1. The van der Waals surface area contributed by atoms with E-state index in [9.17, 15) is 24.0 Å². The summed E-state index contributed by atoms with van der Waals surface area (Å²) in [4.78, 5) is 57.3. The van der Waals surface area contributed by atoms with Crippen molar-refractivity contribution < 1.29 is 33.8 Å². The lowest BCUT2D eigenvalue weighted by Gasteiger charge is -2.18. The summed E-state index contributed by atoms with van der Waals surface area (Å²) in [6.07, 6.45) is -0.976. The van der Waals surface area contributed by atoms with Gasteiger partial charge in [-0.05, 0) is 22.3 Å². The molecule has 1 unspecified atom stereocenters. The zero-order chi connectivity index (χ0) is 24.0. The van der Waals surface area contributed by atoms with Gasteiger partial charge in [-0.2, -0.15) is 0 Å². The van der Waals surface area contributed by atoms with E-state index < -0.39 is 42.5 Å². The molecule has 1 aliphatic rings. The van der Waals surface area contributed by atoms with Gasteiger partial charge < -0.3 is 26.2 Å². The van der Waals surface area contributed by atoms with Crippen LogP contribution in [0.15, 0.2) is 48.5 Å². The van der Waals surface area contributed by atoms with Crippen molar-refractivity contribution in [3.63, 3.8) is 0 Å². The molecule has 2 aromatic carbocycles. The first-order chi connectivity index (χ1) is 15.8. The van der Waals surface area contributed by atoms with Crippen LogP contribution in [0.5, 0.6) is 0 Å². The number of aliphatic carboxylic acids is 1. The predicted octanol–water partition coefficient (Wildman–Crippen LogP) is -0.206. The molecule has 12 heteroatoms. The lowest BCUT2D eigenvalue weighted by Crippen LogP contribution is -2.57. The van der Waals surface area contributed by atoms with E-state index in [2.05, 4.69) is 5.32 Å². The van der Waals surface area contributed by atoms with Crippen molar-refractivity contribution in [2.24, 2.45) is 5.73 Å². The fourth-order valence-electron chi connectivity index (χ4n) is 3.47. The third-order valence-corrected chi connectivity index (χ3v) is 4.93. The molecule has 5 amide bonds. The van der Waals surface area contributed by atoms with Gasteiger partial charge in [0.2, 0.25) is 0 Å². The van der Waals surface area contributed by atoms with E-state index in [1.54, 1.807) is 0 Å². The summed E-state index contributed by atoms with van der Waals surface area (Å²) >= 11 is 0. The number of urea groups is 1. The molecular weight excluding hydrogens is 434 g/mol. The smallest absolute Gasteiger partial charge is 0.426 e. The Bertz CT molecular complexity index is 1060. The first kappa shape index (κ1) is 23.1. The Kier molecular flexibility index (Phi) is 7.08. The minimum atomic E-state index is -1.84. The molecule has 0 saturated heterocycles. The van der Waals surface area contributed by atoms with Gasteiger partial charge in [0.05, 0.1) is 0 Å². The molecular formula is C21H21N5O7. The Hall–Kier alpha value is -4.61. The summed E-state index contributed by atoms with van der Waals surface area (Å²) in [5, 5.41) is 12.6. The van der Waals surface area contributed by atoms with Crippen LogP contribution < -0.4 is 27.2 Å². The second-order valence-electron chi connectivity index (χ2n) is 7.02. The number of hydrogen-bond donors (Lipinski definition) is 6. The summed E-state index contributed by atoms with van der Waals surface area (Å²) in [6, 6.07) is 13.0. The fraction of sp³-hybridized carbons (Fsp3) is 0.190. The molecule has 1 aliphatic carbocycles. The van der Waals surface area contributed by atoms with Crippen molar-refractivity contribution in [1.82, 2.24) is 21.5 Å². The van der Waals surface area contributed by atoms with E-state index in [1.807, 2.05) is 64.7 Å². The Morgan fingerprint density at radius 2 is 1.52 bits per heavy atom. The molecule has 0 bridgehead atoms. The van der Waals surface area contributed by atoms with Crippen molar-refractivity contribution in [2.75, 3.05) is 13.2 Å². The number of hydrazine groups is 1. The number of hydrogen-bond acceptors (Lipinski definition) is 6. The van der Waals surface area contributed by atoms with Crippen molar-refractivity contribution in [3.8, 4) is 11.1 Å². The molecule has 12 nitrogen and oxygen atoms in total. The highest BCUT2D eigenvalue weighted by atomic mass is 16.6. The average molecular weight is 455 g/mol. The van der Waals surface area contributed by atoms with Crippen LogP contribution in [0.3, 0.4) is 0 Å². The third-order valence-electron chi connectivity index (χ3n) is 4.93. The van der Waals surface area contributed by atoms with Crippen LogP contribution in [0.2, 0.25) is 0 Å². The number of fused-ring (bicyclic) bond motifs is 3. The molecule has 0 spiro atoms. The summed E-state index contributed by atoms with van der Waals surface area (Å²) in [5.74, 6) is -4.52. The second kappa shape index (κ2) is 10.1. The number of carbonyl (C=O) groups excluding carboxylic acids is 4. The summed E-state index contributed by atoms with van der Waals surface area (Å²) in [5.41, 5.74) is 13.1. The number of amides is 5. The van der Waals surface area contributed by atoms with Crippen LogP contribution in [0.4, 0.5) is 9.59 Å². The van der Waals surface area contributed by atoms with Gasteiger partial charge in [-0.3, -0.25) is 15.0 Å². The number of ether oxygens (including phenoxy) is 1. The van der Waals surface area contributed by atoms with Crippen molar-refractivity contribution in [1.29, 1.82) is 0 Å². The number of carboxylic acid groups (broad SMARTS) is 1. The van der Waals surface area contributed by atoms with Gasteiger partial charge in [0.15, 0.2) is 0 Å². The number of nitrogens with one attached hydrogen (secondary N) is 4. The number of rotatable bonds is 6. The molecule has 3 rings (SSSR count). The van der Waals surface area contributed by atoms with E-state index in [4.69, 9.17) is 15.6 Å². The first-order valence-electron chi connectivity index (χ1n) is 9.76. The maximum absolute atomic E-state index is 12.2. The van der Waals surface area contributed by atoms with E-state index in [0.717, 1.165) is 22.3 Å². The fourth-order valence-corrected chi connectivity index (χ4v) is 3.47. The highest BCUT2D eigenvalue weighted by Crippen LogP contribution is 2.44. The quantitative estimate of drug-likeness (QED) is 0.257. The minimum Gasteiger partial charge on any atom is -0.474 e. The SMILES string of the molecule is NC(=O)NCC(NC(=O)C(=O)O)C(=O)NNC(=O)OCC1c2ccccc2-c2ccccc21. The van der Waals surface area contributed by atoms with Gasteiger partial charge in [0.25, 0.3) is 5.91 Å². The molecule has 0 aromatic heterocycles. The highest BCUT2D eigenvalue weighted by Gasteiger charge is 2.29. The largest absolute Gasteiger partial charge is 0.474 e. The Morgan fingerprint density at radius 1 is 0.939 bits per heavy atom. The average Bonchev–Trinajstić information content (AvgIpc) is 3.12. The molecule has 0 fully saturated rings. The zero-order valence-electron chi connectivity index (χ0n) is 17.2. The molecule has 172 valence electrons. The molecule has 33 heavy (non-hydrogen) atoms. The Morgan fingerprint density at radius 3 is 2.06 bits per heavy atom. The van der Waals surface area contributed by atoms with E-state index in [1.165, 1.54) is 0 Å². The second-order valence-corrected chi connectivity index (χ2v) is 7.02. The lowest BCUT2D eigenvalue weighted by atomic mass is 9.98. The molecule has 7 N–H and O–H groups in total. The van der Waals surface area contributed by atoms with Gasteiger partial charge >= 0.3 is 24.0 Å². The van der Waals surface area contributed by atoms with E-state index in [-0.39, 0.29) is 12.5 Å². The van der Waals surface area contributed by atoms with Crippen molar-refractivity contribution >= 4 is 29.9 Å². The zero-order valence-corrected chi connectivity index (χ0v) is 17.2. The number of carbonyl (C=O) groups is 5. The van der Waals surface area contributed by atoms with Crippen LogP contribution in [-0.2, 0) is 19.1 Å². The van der Waals surface area contributed by atoms with Crippen LogP contribution in [0, 0.1) is 0 Å². The van der Waals surface area contributed by atoms with Crippen molar-refractivity contribution in [2.45, 2.75) is 12.0 Å². The van der Waals surface area contributed by atoms with Crippen LogP contribution in [-0.4, -0.2) is 54.2 Å². The van der Waals surface area contributed by atoms with Gasteiger partial charge in [-0.15, -0.1) is 0 Å². The molecule has 0 aliphatic heterocycles. The van der Waals surface area contributed by atoms with Gasteiger partial charge in [0, 0.05) is 12.5 Å². The van der Waals surface area contributed by atoms with Crippen LogP contribution >= 0.6 is 0 Å². The van der Waals surface area contributed by atoms with Gasteiger partial charge in [0.1, 0.15) is 12.6 Å². The van der Waals surface area contributed by atoms with Gasteiger partial charge in [-0.25, -0.2) is 19.8 Å².